The maximum Gasteiger partial charge on any atom is 0.164 e. The summed E-state index contributed by atoms with van der Waals surface area (Å²) < 4.78 is 8.78. The summed E-state index contributed by atoms with van der Waals surface area (Å²) >= 11 is 1.79. The molecule has 0 radical (unpaired) electrons. The molecule has 234 valence electrons. The van der Waals surface area contributed by atoms with Gasteiger partial charge in [-0.2, -0.15) is 0 Å². The predicted octanol–water partition coefficient (Wildman–Crippen LogP) is 12.5. The Kier molecular flexibility index (Phi) is 6.64. The van der Waals surface area contributed by atoms with E-state index in [0.717, 1.165) is 55.3 Å². The molecule has 0 unspecified atom stereocenters. The molecule has 0 aliphatic carbocycles. The second kappa shape index (κ2) is 11.6. The first-order valence-corrected chi connectivity index (χ1v) is 17.4. The van der Waals surface area contributed by atoms with Crippen molar-refractivity contribution in [1.29, 1.82) is 0 Å². The zero-order valence-electron chi connectivity index (χ0n) is 26.7. The molecule has 7 aromatic carbocycles. The Morgan fingerprint density at radius 2 is 0.860 bits per heavy atom. The summed E-state index contributed by atoms with van der Waals surface area (Å²) in [6, 6.07) is 56.9. The summed E-state index contributed by atoms with van der Waals surface area (Å²) in [7, 11) is 0. The molecule has 0 fully saturated rings. The molecule has 3 heterocycles. The second-order valence-corrected chi connectivity index (χ2v) is 13.5. The third-order valence-corrected chi connectivity index (χ3v) is 10.5. The maximum atomic E-state index is 6.37. The average molecular weight is 658 g/mol. The molecule has 0 saturated heterocycles. The van der Waals surface area contributed by atoms with E-state index in [1.807, 2.05) is 48.5 Å². The Hall–Kier alpha value is -6.43. The van der Waals surface area contributed by atoms with Gasteiger partial charge in [0.2, 0.25) is 0 Å². The lowest BCUT2D eigenvalue weighted by Crippen LogP contribution is -2.00. The Labute approximate surface area is 292 Å². The van der Waals surface area contributed by atoms with Gasteiger partial charge in [-0.15, -0.1) is 11.3 Å². The smallest absolute Gasteiger partial charge is 0.164 e. The summed E-state index contributed by atoms with van der Waals surface area (Å²) in [5.41, 5.74) is 9.25. The van der Waals surface area contributed by atoms with Crippen molar-refractivity contribution in [2.24, 2.45) is 0 Å². The molecule has 0 amide bonds. The molecule has 50 heavy (non-hydrogen) atoms. The van der Waals surface area contributed by atoms with Crippen LogP contribution in [0, 0.1) is 0 Å². The number of hydrogen-bond acceptors (Lipinski definition) is 5. The Morgan fingerprint density at radius 1 is 0.360 bits per heavy atom. The first-order chi connectivity index (χ1) is 24.7. The van der Waals surface area contributed by atoms with Gasteiger partial charge in [-0.05, 0) is 34.9 Å². The standard InChI is InChI=1S/C45H27N3OS/c1-3-10-28(11-4-1)29-18-20-31(21-19-29)44-46-43(30-12-5-2-6-13-30)47-45(48-44)33-23-25-37-36-24-22-32(26-40(36)50-41(37)27-33)34-15-9-16-38-35-14-7-8-17-39(35)49-42(34)38/h1-27H. The van der Waals surface area contributed by atoms with E-state index >= 15 is 0 Å². The lowest BCUT2D eigenvalue weighted by Gasteiger charge is -2.09. The molecule has 0 N–H and O–H groups in total. The third-order valence-electron chi connectivity index (χ3n) is 9.36. The Bertz CT molecular complexity index is 2860. The summed E-state index contributed by atoms with van der Waals surface area (Å²) in [5.74, 6) is 1.95. The van der Waals surface area contributed by atoms with Crippen LogP contribution < -0.4 is 0 Å². The number of hydrogen-bond donors (Lipinski definition) is 0. The van der Waals surface area contributed by atoms with Gasteiger partial charge in [0.25, 0.3) is 0 Å². The molecule has 5 heteroatoms. The minimum absolute atomic E-state index is 0.648. The number of thiophene rings is 1. The van der Waals surface area contributed by atoms with Gasteiger partial charge < -0.3 is 4.42 Å². The van der Waals surface area contributed by atoms with E-state index in [1.165, 1.54) is 25.7 Å². The molecule has 0 bridgehead atoms. The number of rotatable bonds is 5. The van der Waals surface area contributed by atoms with Gasteiger partial charge in [-0.25, -0.2) is 15.0 Å². The van der Waals surface area contributed by atoms with Gasteiger partial charge in [-0.1, -0.05) is 146 Å². The highest BCUT2D eigenvalue weighted by Crippen LogP contribution is 2.41. The Balaban J connectivity index is 1.07. The molecule has 10 aromatic rings. The zero-order valence-corrected chi connectivity index (χ0v) is 27.6. The van der Waals surface area contributed by atoms with Crippen LogP contribution in [-0.2, 0) is 0 Å². The van der Waals surface area contributed by atoms with Crippen molar-refractivity contribution in [3.05, 3.63) is 164 Å². The van der Waals surface area contributed by atoms with E-state index in [-0.39, 0.29) is 0 Å². The SMILES string of the molecule is c1ccc(-c2ccc(-c3nc(-c4ccccc4)nc(-c4ccc5c(c4)sc4cc(-c6cccc7c6oc6ccccc67)ccc45)n3)cc2)cc1. The van der Waals surface area contributed by atoms with Crippen LogP contribution in [0.4, 0.5) is 0 Å². The van der Waals surface area contributed by atoms with Gasteiger partial charge in [0.15, 0.2) is 17.5 Å². The van der Waals surface area contributed by atoms with Crippen LogP contribution in [0.3, 0.4) is 0 Å². The van der Waals surface area contributed by atoms with Crippen molar-refractivity contribution in [3.8, 4) is 56.4 Å². The molecule has 0 spiro atoms. The lowest BCUT2D eigenvalue weighted by atomic mass is 10.0. The summed E-state index contributed by atoms with van der Waals surface area (Å²) in [4.78, 5) is 15.0. The fourth-order valence-corrected chi connectivity index (χ4v) is 8.04. The fraction of sp³-hybridized carbons (Fsp3) is 0. The van der Waals surface area contributed by atoms with E-state index in [9.17, 15) is 0 Å². The number of nitrogens with zero attached hydrogens (tertiary/aromatic N) is 3. The predicted molar refractivity (Wildman–Crippen MR) is 207 cm³/mol. The fourth-order valence-electron chi connectivity index (χ4n) is 6.85. The second-order valence-electron chi connectivity index (χ2n) is 12.4. The molecule has 3 aromatic heterocycles. The van der Waals surface area contributed by atoms with E-state index < -0.39 is 0 Å². The number of aromatic nitrogens is 3. The third kappa shape index (κ3) is 4.87. The van der Waals surface area contributed by atoms with E-state index in [0.29, 0.717) is 17.5 Å². The van der Waals surface area contributed by atoms with Gasteiger partial charge in [-0.3, -0.25) is 0 Å². The first kappa shape index (κ1) is 28.6. The number of fused-ring (bicyclic) bond motifs is 6. The number of furan rings is 1. The molecular weight excluding hydrogens is 631 g/mol. The van der Waals surface area contributed by atoms with Crippen molar-refractivity contribution >= 4 is 53.4 Å². The quantitative estimate of drug-likeness (QED) is 0.185. The zero-order chi connectivity index (χ0) is 33.0. The van der Waals surface area contributed by atoms with Crippen LogP contribution in [0.15, 0.2) is 168 Å². The van der Waals surface area contributed by atoms with Gasteiger partial charge in [0.1, 0.15) is 11.2 Å². The molecule has 10 rings (SSSR count). The maximum absolute atomic E-state index is 6.37. The topological polar surface area (TPSA) is 51.8 Å². The van der Waals surface area contributed by atoms with Crippen LogP contribution in [0.2, 0.25) is 0 Å². The molecular formula is C45H27N3OS. The minimum atomic E-state index is 0.648. The lowest BCUT2D eigenvalue weighted by molar-refractivity contribution is 0.670. The van der Waals surface area contributed by atoms with Crippen molar-refractivity contribution in [2.75, 3.05) is 0 Å². The first-order valence-electron chi connectivity index (χ1n) is 16.6. The minimum Gasteiger partial charge on any atom is -0.455 e. The van der Waals surface area contributed by atoms with E-state index in [4.69, 9.17) is 19.4 Å². The van der Waals surface area contributed by atoms with Crippen molar-refractivity contribution < 1.29 is 4.42 Å². The van der Waals surface area contributed by atoms with Crippen LogP contribution >= 0.6 is 11.3 Å². The highest BCUT2D eigenvalue weighted by atomic mass is 32.1. The molecule has 0 saturated carbocycles. The monoisotopic (exact) mass is 657 g/mol. The highest BCUT2D eigenvalue weighted by Gasteiger charge is 2.16. The van der Waals surface area contributed by atoms with Crippen molar-refractivity contribution in [3.63, 3.8) is 0 Å². The molecule has 4 nitrogen and oxygen atoms in total. The van der Waals surface area contributed by atoms with Crippen molar-refractivity contribution in [1.82, 2.24) is 15.0 Å². The number of para-hydroxylation sites is 2. The largest absolute Gasteiger partial charge is 0.455 e. The van der Waals surface area contributed by atoms with Gasteiger partial charge in [0, 0.05) is 53.2 Å². The van der Waals surface area contributed by atoms with E-state index in [1.54, 1.807) is 11.3 Å². The Morgan fingerprint density at radius 3 is 1.58 bits per heavy atom. The number of benzene rings is 7. The van der Waals surface area contributed by atoms with E-state index in [2.05, 4.69) is 115 Å². The van der Waals surface area contributed by atoms with Gasteiger partial charge in [0.05, 0.1) is 0 Å². The van der Waals surface area contributed by atoms with Crippen molar-refractivity contribution in [2.45, 2.75) is 0 Å². The van der Waals surface area contributed by atoms with Crippen LogP contribution in [-0.4, -0.2) is 15.0 Å². The van der Waals surface area contributed by atoms with Gasteiger partial charge >= 0.3 is 0 Å². The average Bonchev–Trinajstić information content (AvgIpc) is 3.76. The highest BCUT2D eigenvalue weighted by molar-refractivity contribution is 7.25. The summed E-state index contributed by atoms with van der Waals surface area (Å²) in [6.07, 6.45) is 0. The molecule has 0 aliphatic heterocycles. The summed E-state index contributed by atoms with van der Waals surface area (Å²) in [5, 5.41) is 4.73. The van der Waals surface area contributed by atoms with Crippen LogP contribution in [0.25, 0.3) is 98.5 Å². The van der Waals surface area contributed by atoms with Crippen LogP contribution in [0.5, 0.6) is 0 Å². The van der Waals surface area contributed by atoms with Crippen LogP contribution in [0.1, 0.15) is 0 Å². The normalized spacial score (nSPS) is 11.6. The molecule has 0 atom stereocenters. The molecule has 0 aliphatic rings. The summed E-state index contributed by atoms with van der Waals surface area (Å²) in [6.45, 7) is 0.